The van der Waals surface area contributed by atoms with E-state index in [9.17, 15) is 9.59 Å². The zero-order valence-electron chi connectivity index (χ0n) is 14.5. The molecule has 0 aliphatic carbocycles. The number of aromatic nitrogens is 2. The second-order valence-corrected chi connectivity index (χ2v) is 6.15. The van der Waals surface area contributed by atoms with Crippen LogP contribution >= 0.6 is 11.5 Å². The number of para-hydroxylation sites is 1. The van der Waals surface area contributed by atoms with Crippen molar-refractivity contribution in [2.24, 2.45) is 5.10 Å². The van der Waals surface area contributed by atoms with E-state index >= 15 is 0 Å². The highest BCUT2D eigenvalue weighted by Crippen LogP contribution is 2.41. The lowest BCUT2D eigenvalue weighted by Crippen LogP contribution is -2.26. The molecule has 136 valence electrons. The topological polar surface area (TPSA) is 103 Å². The molecule has 26 heavy (non-hydrogen) atoms. The van der Waals surface area contributed by atoms with Gasteiger partial charge in [0.2, 0.25) is 12.1 Å². The lowest BCUT2D eigenvalue weighted by atomic mass is 10.1. The van der Waals surface area contributed by atoms with E-state index in [1.165, 1.54) is 26.0 Å². The molecule has 1 aromatic heterocycles. The monoisotopic (exact) mass is 376 g/mol. The Kier molecular flexibility index (Phi) is 4.85. The molecule has 0 spiro atoms. The standard InChI is InChI=1S/C16H16N4O5S/c1-8-14(26-19-17-8)15-18-20(9(2)21)16(25-15)11-6-5-7-12(23-4)13(11)24-10(3)22/h5-7,16H,1-4H3/t16-/m1/s1. The minimum atomic E-state index is -0.909. The number of hydrogen-bond donors (Lipinski definition) is 0. The Balaban J connectivity index is 2.05. The highest BCUT2D eigenvalue weighted by molar-refractivity contribution is 7.08. The summed E-state index contributed by atoms with van der Waals surface area (Å²) in [6.45, 7) is 4.42. The second kappa shape index (κ2) is 7.08. The molecule has 2 heterocycles. The second-order valence-electron chi connectivity index (χ2n) is 5.40. The molecule has 1 aliphatic heterocycles. The van der Waals surface area contributed by atoms with Crippen molar-refractivity contribution in [3.63, 3.8) is 0 Å². The van der Waals surface area contributed by atoms with Crippen molar-refractivity contribution >= 4 is 29.3 Å². The summed E-state index contributed by atoms with van der Waals surface area (Å²) in [5.74, 6) is -0.110. The number of hydrogen-bond acceptors (Lipinski definition) is 9. The van der Waals surface area contributed by atoms with Gasteiger partial charge in [0.1, 0.15) is 4.88 Å². The normalized spacial score (nSPS) is 16.1. The lowest BCUT2D eigenvalue weighted by molar-refractivity contribution is -0.135. The molecular formula is C16H16N4O5S. The number of hydrazone groups is 1. The molecule has 3 rings (SSSR count). The van der Waals surface area contributed by atoms with E-state index in [1.54, 1.807) is 25.1 Å². The first-order valence-electron chi connectivity index (χ1n) is 7.62. The van der Waals surface area contributed by atoms with Gasteiger partial charge in [-0.05, 0) is 30.6 Å². The summed E-state index contributed by atoms with van der Waals surface area (Å²) in [6, 6.07) is 5.03. The van der Waals surface area contributed by atoms with Gasteiger partial charge in [0, 0.05) is 13.8 Å². The number of methoxy groups -OCH3 is 1. The predicted octanol–water partition coefficient (Wildman–Crippen LogP) is 2.02. The van der Waals surface area contributed by atoms with Crippen LogP contribution in [0.25, 0.3) is 0 Å². The summed E-state index contributed by atoms with van der Waals surface area (Å²) < 4.78 is 20.3. The number of aryl methyl sites for hydroxylation is 1. The van der Waals surface area contributed by atoms with E-state index in [0.717, 1.165) is 11.5 Å². The summed E-state index contributed by atoms with van der Waals surface area (Å²) in [6.07, 6.45) is -0.909. The Morgan fingerprint density at radius 1 is 1.31 bits per heavy atom. The van der Waals surface area contributed by atoms with E-state index in [0.29, 0.717) is 21.9 Å². The predicted molar refractivity (Wildman–Crippen MR) is 91.8 cm³/mol. The molecule has 10 heteroatoms. The lowest BCUT2D eigenvalue weighted by Gasteiger charge is -2.22. The van der Waals surface area contributed by atoms with Gasteiger partial charge in [-0.15, -0.1) is 10.2 Å². The van der Waals surface area contributed by atoms with Crippen molar-refractivity contribution < 1.29 is 23.8 Å². The quantitative estimate of drug-likeness (QED) is 0.594. The number of nitrogens with zero attached hydrogens (tertiary/aromatic N) is 4. The average Bonchev–Trinajstić information content (AvgIpc) is 3.20. The number of ether oxygens (including phenoxy) is 3. The van der Waals surface area contributed by atoms with Crippen molar-refractivity contribution in [3.8, 4) is 11.5 Å². The fraction of sp³-hybridized carbons (Fsp3) is 0.312. The van der Waals surface area contributed by atoms with Crippen molar-refractivity contribution in [1.29, 1.82) is 0 Å². The van der Waals surface area contributed by atoms with E-state index < -0.39 is 12.2 Å². The maximum absolute atomic E-state index is 12.1. The van der Waals surface area contributed by atoms with Gasteiger partial charge in [-0.3, -0.25) is 9.59 Å². The van der Waals surface area contributed by atoms with Gasteiger partial charge < -0.3 is 14.2 Å². The van der Waals surface area contributed by atoms with Crippen LogP contribution in [0, 0.1) is 6.92 Å². The van der Waals surface area contributed by atoms with Gasteiger partial charge in [-0.25, -0.2) is 0 Å². The van der Waals surface area contributed by atoms with E-state index in [2.05, 4.69) is 14.7 Å². The van der Waals surface area contributed by atoms with E-state index in [4.69, 9.17) is 14.2 Å². The molecule has 1 amide bonds. The first-order chi connectivity index (χ1) is 12.4. The number of carbonyl (C=O) groups excluding carboxylic acids is 2. The minimum Gasteiger partial charge on any atom is -0.493 e. The number of amides is 1. The van der Waals surface area contributed by atoms with Gasteiger partial charge in [0.05, 0.1) is 18.4 Å². The Morgan fingerprint density at radius 3 is 2.65 bits per heavy atom. The highest BCUT2D eigenvalue weighted by Gasteiger charge is 2.37. The number of benzene rings is 1. The van der Waals surface area contributed by atoms with Crippen LogP contribution in [0.3, 0.4) is 0 Å². The first kappa shape index (κ1) is 17.8. The third-order valence-electron chi connectivity index (χ3n) is 3.55. The van der Waals surface area contributed by atoms with Gasteiger partial charge in [-0.2, -0.15) is 5.01 Å². The van der Waals surface area contributed by atoms with Crippen LogP contribution in [0.4, 0.5) is 0 Å². The SMILES string of the molecule is COc1cccc([C@H]2OC(c3snnc3C)=NN2C(C)=O)c1OC(C)=O. The van der Waals surface area contributed by atoms with Crippen LogP contribution < -0.4 is 9.47 Å². The third-order valence-corrected chi connectivity index (χ3v) is 4.37. The molecule has 0 saturated heterocycles. The summed E-state index contributed by atoms with van der Waals surface area (Å²) in [4.78, 5) is 24.2. The van der Waals surface area contributed by atoms with Crippen LogP contribution in [0.1, 0.15) is 36.2 Å². The maximum atomic E-state index is 12.1. The molecule has 0 N–H and O–H groups in total. The van der Waals surface area contributed by atoms with Gasteiger partial charge in [0.15, 0.2) is 11.5 Å². The minimum absolute atomic E-state index is 0.175. The van der Waals surface area contributed by atoms with Gasteiger partial charge in [0.25, 0.3) is 5.90 Å². The van der Waals surface area contributed by atoms with Crippen molar-refractivity contribution in [2.45, 2.75) is 27.0 Å². The van der Waals surface area contributed by atoms with Crippen molar-refractivity contribution in [3.05, 3.63) is 34.3 Å². The zero-order chi connectivity index (χ0) is 18.8. The fourth-order valence-electron chi connectivity index (χ4n) is 2.43. The Hall–Kier alpha value is -3.01. The summed E-state index contributed by atoms with van der Waals surface area (Å²) in [7, 11) is 1.46. The number of carbonyl (C=O) groups is 2. The van der Waals surface area contributed by atoms with Crippen LogP contribution in [0.5, 0.6) is 11.5 Å². The zero-order valence-corrected chi connectivity index (χ0v) is 15.4. The summed E-state index contributed by atoms with van der Waals surface area (Å²) in [5, 5.41) is 9.36. The van der Waals surface area contributed by atoms with Crippen LogP contribution in [-0.4, -0.2) is 39.5 Å². The van der Waals surface area contributed by atoms with Crippen molar-refractivity contribution in [1.82, 2.24) is 14.6 Å². The molecule has 0 radical (unpaired) electrons. The molecule has 1 atom stereocenters. The Morgan fingerprint density at radius 2 is 2.08 bits per heavy atom. The molecule has 0 fully saturated rings. The van der Waals surface area contributed by atoms with Crippen LogP contribution in [0.15, 0.2) is 23.3 Å². The fourth-order valence-corrected chi connectivity index (χ4v) is 3.01. The average molecular weight is 376 g/mol. The Labute approximate surface area is 153 Å². The van der Waals surface area contributed by atoms with Gasteiger partial charge in [-0.1, -0.05) is 10.6 Å². The number of esters is 1. The van der Waals surface area contributed by atoms with Gasteiger partial charge >= 0.3 is 5.97 Å². The molecule has 1 aliphatic rings. The van der Waals surface area contributed by atoms with Crippen LogP contribution in [0.2, 0.25) is 0 Å². The highest BCUT2D eigenvalue weighted by atomic mass is 32.1. The molecule has 9 nitrogen and oxygen atoms in total. The summed E-state index contributed by atoms with van der Waals surface area (Å²) in [5.41, 5.74) is 1.08. The molecule has 0 unspecified atom stereocenters. The Bertz CT molecular complexity index is 895. The van der Waals surface area contributed by atoms with Crippen molar-refractivity contribution in [2.75, 3.05) is 7.11 Å². The maximum Gasteiger partial charge on any atom is 0.308 e. The first-order valence-corrected chi connectivity index (χ1v) is 8.39. The third kappa shape index (κ3) is 3.23. The summed E-state index contributed by atoms with van der Waals surface area (Å²) >= 11 is 1.12. The molecule has 0 bridgehead atoms. The van der Waals surface area contributed by atoms with Crippen LogP contribution in [-0.2, 0) is 14.3 Å². The number of rotatable bonds is 4. The molecule has 2 aromatic rings. The van der Waals surface area contributed by atoms with E-state index in [-0.39, 0.29) is 17.6 Å². The largest absolute Gasteiger partial charge is 0.493 e. The molecular weight excluding hydrogens is 360 g/mol. The van der Waals surface area contributed by atoms with E-state index in [1.807, 2.05) is 0 Å². The molecule has 0 saturated carbocycles. The molecule has 1 aromatic carbocycles. The smallest absolute Gasteiger partial charge is 0.308 e.